The van der Waals surface area contributed by atoms with Crippen LogP contribution in [0.2, 0.25) is 0 Å². The predicted molar refractivity (Wildman–Crippen MR) is 47.2 cm³/mol. The largest absolute Gasteiger partial charge is 0.254 e. The van der Waals surface area contributed by atoms with Crippen LogP contribution in [0.3, 0.4) is 0 Å². The van der Waals surface area contributed by atoms with Crippen LogP contribution in [0.25, 0.3) is 0 Å². The maximum Gasteiger partial charge on any atom is 0.155 e. The minimum absolute atomic E-state index is 0.495. The highest BCUT2D eigenvalue weighted by Gasteiger charge is 2.03. The Bertz CT molecular complexity index is 237. The van der Waals surface area contributed by atoms with Gasteiger partial charge in [0.2, 0.25) is 0 Å². The van der Waals surface area contributed by atoms with Crippen molar-refractivity contribution in [2.24, 2.45) is 0 Å². The normalized spacial score (nSPS) is 13.0. The minimum atomic E-state index is -1.04. The molecule has 0 bridgehead atoms. The third kappa shape index (κ3) is 2.23. The van der Waals surface area contributed by atoms with Gasteiger partial charge in [-0.2, -0.15) is 0 Å². The Morgan fingerprint density at radius 3 is 2.91 bits per heavy atom. The summed E-state index contributed by atoms with van der Waals surface area (Å²) in [5.74, 6) is -1.04. The summed E-state index contributed by atoms with van der Waals surface area (Å²) < 4.78 is 12.7. The van der Waals surface area contributed by atoms with Crippen LogP contribution in [0, 0.1) is 0 Å². The van der Waals surface area contributed by atoms with Crippen molar-refractivity contribution in [2.45, 2.75) is 19.3 Å². The first-order chi connectivity index (χ1) is 5.24. The monoisotopic (exact) mass is 171 g/mol. The summed E-state index contributed by atoms with van der Waals surface area (Å²) in [7, 11) is 2.09. The molecular weight excluding hydrogens is 160 g/mol. The number of aromatic nitrogens is 1. The van der Waals surface area contributed by atoms with Crippen molar-refractivity contribution in [3.8, 4) is 0 Å². The van der Waals surface area contributed by atoms with Crippen molar-refractivity contribution in [3.63, 3.8) is 0 Å². The van der Waals surface area contributed by atoms with Gasteiger partial charge >= 0.3 is 0 Å². The summed E-state index contributed by atoms with van der Waals surface area (Å²) in [6.07, 6.45) is 0.852. The maximum absolute atomic E-state index is 12.7. The lowest BCUT2D eigenvalue weighted by Gasteiger charge is -2.02. The number of pyridine rings is 1. The molecule has 0 aliphatic carbocycles. The lowest BCUT2D eigenvalue weighted by Crippen LogP contribution is -1.92. The molecule has 1 nitrogen and oxygen atoms in total. The molecule has 11 heavy (non-hydrogen) atoms. The van der Waals surface area contributed by atoms with Gasteiger partial charge < -0.3 is 0 Å². The van der Waals surface area contributed by atoms with E-state index in [0.717, 1.165) is 12.1 Å². The van der Waals surface area contributed by atoms with Crippen molar-refractivity contribution >= 4 is 9.24 Å². The average molecular weight is 171 g/mol. The zero-order valence-corrected chi connectivity index (χ0v) is 7.57. The highest BCUT2D eigenvalue weighted by Crippen LogP contribution is 2.21. The molecule has 1 aromatic heterocycles. The smallest absolute Gasteiger partial charge is 0.155 e. The Balaban J connectivity index is 2.91. The Kier molecular flexibility index (Phi) is 2.95. The molecular formula is C8H11FNP. The molecule has 0 aromatic carbocycles. The third-order valence-electron chi connectivity index (χ3n) is 1.47. The van der Waals surface area contributed by atoms with Crippen LogP contribution in [-0.2, 0) is 6.42 Å². The molecule has 1 heterocycles. The molecule has 0 saturated carbocycles. The summed E-state index contributed by atoms with van der Waals surface area (Å²) in [6, 6.07) is 5.42. The first-order valence-corrected chi connectivity index (χ1v) is 4.26. The van der Waals surface area contributed by atoms with E-state index < -0.39 is 5.91 Å². The Morgan fingerprint density at radius 1 is 1.64 bits per heavy atom. The topological polar surface area (TPSA) is 12.9 Å². The van der Waals surface area contributed by atoms with Crippen molar-refractivity contribution in [3.05, 3.63) is 29.6 Å². The SMILES string of the molecule is CCc1cccc(C(F)P)n1. The van der Waals surface area contributed by atoms with Gasteiger partial charge in [0.05, 0.1) is 5.69 Å². The van der Waals surface area contributed by atoms with Crippen LogP contribution < -0.4 is 0 Å². The molecule has 0 N–H and O–H groups in total. The van der Waals surface area contributed by atoms with Gasteiger partial charge in [0.25, 0.3) is 0 Å². The standard InChI is InChI=1S/C8H11FNP/c1-2-6-4-3-5-7(10-6)8(9)11/h3-5,8H,2,11H2,1H3. The van der Waals surface area contributed by atoms with Crippen molar-refractivity contribution < 1.29 is 4.39 Å². The van der Waals surface area contributed by atoms with E-state index in [-0.39, 0.29) is 0 Å². The fraction of sp³-hybridized carbons (Fsp3) is 0.375. The zero-order valence-electron chi connectivity index (χ0n) is 6.42. The molecule has 2 unspecified atom stereocenters. The minimum Gasteiger partial charge on any atom is -0.254 e. The molecule has 0 saturated heterocycles. The maximum atomic E-state index is 12.7. The first kappa shape index (κ1) is 8.61. The number of hydrogen-bond donors (Lipinski definition) is 0. The Morgan fingerprint density at radius 2 is 2.36 bits per heavy atom. The molecule has 0 radical (unpaired) electrons. The summed E-state index contributed by atoms with van der Waals surface area (Å²) in [6.45, 7) is 2.00. The summed E-state index contributed by atoms with van der Waals surface area (Å²) in [5.41, 5.74) is 1.43. The van der Waals surface area contributed by atoms with E-state index in [1.165, 1.54) is 0 Å². The van der Waals surface area contributed by atoms with E-state index in [1.54, 1.807) is 6.07 Å². The number of nitrogens with zero attached hydrogens (tertiary/aromatic N) is 1. The first-order valence-electron chi connectivity index (χ1n) is 3.59. The van der Waals surface area contributed by atoms with Gasteiger partial charge in [0.15, 0.2) is 5.91 Å². The molecule has 0 aliphatic rings. The molecule has 60 valence electrons. The molecule has 0 aliphatic heterocycles. The van der Waals surface area contributed by atoms with Gasteiger partial charge in [-0.1, -0.05) is 22.2 Å². The fourth-order valence-corrected chi connectivity index (χ4v) is 1.03. The second kappa shape index (κ2) is 3.77. The van der Waals surface area contributed by atoms with Gasteiger partial charge in [-0.05, 0) is 18.6 Å². The van der Waals surface area contributed by atoms with E-state index in [9.17, 15) is 4.39 Å². The predicted octanol–water partition coefficient (Wildman–Crippen LogP) is 2.49. The van der Waals surface area contributed by atoms with E-state index in [4.69, 9.17) is 0 Å². The van der Waals surface area contributed by atoms with Crippen molar-refractivity contribution in [1.29, 1.82) is 0 Å². The third-order valence-corrected chi connectivity index (χ3v) is 1.81. The highest BCUT2D eigenvalue weighted by atomic mass is 31.0. The number of rotatable bonds is 2. The molecule has 0 amide bonds. The molecule has 0 fully saturated rings. The second-order valence-electron chi connectivity index (χ2n) is 2.31. The van der Waals surface area contributed by atoms with Crippen LogP contribution in [0.4, 0.5) is 4.39 Å². The van der Waals surface area contributed by atoms with E-state index >= 15 is 0 Å². The summed E-state index contributed by atoms with van der Waals surface area (Å²) in [4.78, 5) is 4.09. The molecule has 0 spiro atoms. The van der Waals surface area contributed by atoms with Crippen molar-refractivity contribution in [2.75, 3.05) is 0 Å². The summed E-state index contributed by atoms with van der Waals surface area (Å²) >= 11 is 0. The molecule has 3 heteroatoms. The van der Waals surface area contributed by atoms with Gasteiger partial charge in [-0.15, -0.1) is 0 Å². The number of alkyl halides is 1. The zero-order chi connectivity index (χ0) is 8.27. The van der Waals surface area contributed by atoms with Crippen LogP contribution in [0.1, 0.15) is 24.2 Å². The fourth-order valence-electron chi connectivity index (χ4n) is 0.849. The molecule has 2 atom stereocenters. The quantitative estimate of drug-likeness (QED) is 0.623. The number of hydrogen-bond acceptors (Lipinski definition) is 1. The van der Waals surface area contributed by atoms with Gasteiger partial charge in [0, 0.05) is 5.69 Å². The van der Waals surface area contributed by atoms with Crippen LogP contribution in [-0.4, -0.2) is 4.98 Å². The van der Waals surface area contributed by atoms with Gasteiger partial charge in [-0.3, -0.25) is 4.98 Å². The molecule has 1 aromatic rings. The Labute approximate surface area is 68.2 Å². The van der Waals surface area contributed by atoms with Gasteiger partial charge in [0.1, 0.15) is 0 Å². The Hall–Kier alpha value is -0.490. The molecule has 1 rings (SSSR count). The van der Waals surface area contributed by atoms with Crippen LogP contribution in [0.5, 0.6) is 0 Å². The van der Waals surface area contributed by atoms with Crippen LogP contribution in [0.15, 0.2) is 18.2 Å². The average Bonchev–Trinajstić information content (AvgIpc) is 2.05. The number of aryl methyl sites for hydroxylation is 1. The van der Waals surface area contributed by atoms with E-state index in [1.807, 2.05) is 19.1 Å². The van der Waals surface area contributed by atoms with Gasteiger partial charge in [-0.25, -0.2) is 4.39 Å². The second-order valence-corrected chi connectivity index (χ2v) is 2.89. The van der Waals surface area contributed by atoms with Crippen LogP contribution >= 0.6 is 9.24 Å². The number of halogens is 1. The lowest BCUT2D eigenvalue weighted by atomic mass is 10.2. The van der Waals surface area contributed by atoms with E-state index in [2.05, 4.69) is 14.2 Å². The van der Waals surface area contributed by atoms with E-state index in [0.29, 0.717) is 5.69 Å². The lowest BCUT2D eigenvalue weighted by molar-refractivity contribution is 0.459. The summed E-state index contributed by atoms with van der Waals surface area (Å²) in [5, 5.41) is 0. The van der Waals surface area contributed by atoms with Crippen molar-refractivity contribution in [1.82, 2.24) is 4.98 Å². The highest BCUT2D eigenvalue weighted by molar-refractivity contribution is 7.16.